The summed E-state index contributed by atoms with van der Waals surface area (Å²) >= 11 is 0. The Labute approximate surface area is 101 Å². The topological polar surface area (TPSA) is 79.2 Å². The Hall–Kier alpha value is -1.42. The zero-order chi connectivity index (χ0) is 12.7. The molecule has 1 atom stereocenters. The lowest BCUT2D eigenvalue weighted by Gasteiger charge is -2.08. The minimum atomic E-state index is -3.60. The van der Waals surface area contributed by atoms with Gasteiger partial charge in [-0.15, -0.1) is 0 Å². The fraction of sp³-hybridized carbons (Fsp3) is 0.364. The van der Waals surface area contributed by atoms with E-state index in [0.717, 1.165) is 5.56 Å². The van der Waals surface area contributed by atoms with E-state index in [2.05, 4.69) is 4.72 Å². The zero-order valence-corrected chi connectivity index (χ0v) is 10.3. The van der Waals surface area contributed by atoms with Gasteiger partial charge >= 0.3 is 0 Å². The summed E-state index contributed by atoms with van der Waals surface area (Å²) in [5.74, 6) is 0. The average Bonchev–Trinajstić information content (AvgIpc) is 2.35. The highest BCUT2D eigenvalue weighted by molar-refractivity contribution is 7.90. The summed E-state index contributed by atoms with van der Waals surface area (Å²) in [7, 11) is -3.60. The van der Waals surface area contributed by atoms with E-state index in [1.807, 2.05) is 30.3 Å². The van der Waals surface area contributed by atoms with Crippen molar-refractivity contribution in [2.45, 2.75) is 18.8 Å². The predicted octanol–water partition coefficient (Wildman–Crippen LogP) is 0.992. The Balaban J connectivity index is 2.33. The Morgan fingerprint density at radius 2 is 2.06 bits per heavy atom. The van der Waals surface area contributed by atoms with E-state index < -0.39 is 15.3 Å². The molecule has 0 aliphatic rings. The van der Waals surface area contributed by atoms with Gasteiger partial charge < -0.3 is 4.74 Å². The molecule has 1 rings (SSSR count). The van der Waals surface area contributed by atoms with Gasteiger partial charge in [-0.1, -0.05) is 30.3 Å². The smallest absolute Gasteiger partial charge is 0.229 e. The van der Waals surface area contributed by atoms with Gasteiger partial charge in [-0.2, -0.15) is 9.98 Å². The van der Waals surface area contributed by atoms with Crippen molar-refractivity contribution in [3.05, 3.63) is 35.9 Å². The number of rotatable bonds is 6. The first-order chi connectivity index (χ1) is 8.06. The molecule has 0 spiro atoms. The number of benzene rings is 1. The summed E-state index contributed by atoms with van der Waals surface area (Å²) in [6.07, 6.45) is 0. The van der Waals surface area contributed by atoms with E-state index in [0.29, 0.717) is 6.61 Å². The molecule has 0 aliphatic heterocycles. The minimum absolute atomic E-state index is 0.136. The molecule has 92 valence electrons. The first-order valence-electron chi connectivity index (χ1n) is 5.06. The second-order valence-electron chi connectivity index (χ2n) is 3.44. The van der Waals surface area contributed by atoms with Crippen molar-refractivity contribution < 1.29 is 13.2 Å². The second kappa shape index (κ2) is 6.35. The molecule has 0 aromatic heterocycles. The van der Waals surface area contributed by atoms with Crippen molar-refractivity contribution in [2.75, 3.05) is 6.73 Å². The number of sulfonamides is 1. The summed E-state index contributed by atoms with van der Waals surface area (Å²) in [5, 5.41) is 7.41. The maximum Gasteiger partial charge on any atom is 0.229 e. The minimum Gasteiger partial charge on any atom is -0.361 e. The molecule has 0 amide bonds. The van der Waals surface area contributed by atoms with Gasteiger partial charge in [0, 0.05) is 0 Å². The molecular weight excluding hydrogens is 240 g/mol. The van der Waals surface area contributed by atoms with Gasteiger partial charge in [0.2, 0.25) is 10.0 Å². The normalized spacial score (nSPS) is 12.9. The van der Waals surface area contributed by atoms with E-state index in [1.165, 1.54) is 6.92 Å². The molecule has 0 aliphatic carbocycles. The third-order valence-corrected chi connectivity index (χ3v) is 3.68. The lowest BCUT2D eigenvalue weighted by molar-refractivity contribution is 0.117. The Morgan fingerprint density at radius 1 is 1.41 bits per heavy atom. The average molecular weight is 254 g/mol. The molecular formula is C11H14N2O3S. The fourth-order valence-corrected chi connectivity index (χ4v) is 1.70. The monoisotopic (exact) mass is 254 g/mol. The maximum atomic E-state index is 11.4. The molecule has 0 fully saturated rings. The van der Waals surface area contributed by atoms with E-state index in [-0.39, 0.29) is 6.73 Å². The van der Waals surface area contributed by atoms with Gasteiger partial charge in [0.25, 0.3) is 0 Å². The third-order valence-electron chi connectivity index (χ3n) is 2.12. The van der Waals surface area contributed by atoms with Gasteiger partial charge in [-0.25, -0.2) is 8.42 Å². The molecule has 0 radical (unpaired) electrons. The first-order valence-corrected chi connectivity index (χ1v) is 6.60. The van der Waals surface area contributed by atoms with Gasteiger partial charge in [-0.05, 0) is 12.5 Å². The van der Waals surface area contributed by atoms with Crippen LogP contribution in [0.3, 0.4) is 0 Å². The SMILES string of the molecule is CC(C#N)S(=O)(=O)NCOCc1ccccc1. The van der Waals surface area contributed by atoms with Crippen LogP contribution in [0.1, 0.15) is 12.5 Å². The number of ether oxygens (including phenoxy) is 1. The highest BCUT2D eigenvalue weighted by atomic mass is 32.2. The summed E-state index contributed by atoms with van der Waals surface area (Å²) in [4.78, 5) is 0. The van der Waals surface area contributed by atoms with Crippen LogP contribution in [0.25, 0.3) is 0 Å². The van der Waals surface area contributed by atoms with Crippen LogP contribution in [0.5, 0.6) is 0 Å². The standard InChI is InChI=1S/C11H14N2O3S/c1-10(7-12)17(14,15)13-9-16-8-11-5-3-2-4-6-11/h2-6,10,13H,8-9H2,1H3. The number of hydrogen-bond donors (Lipinski definition) is 1. The quantitative estimate of drug-likeness (QED) is 0.606. The molecule has 17 heavy (non-hydrogen) atoms. The van der Waals surface area contributed by atoms with Crippen molar-refractivity contribution in [1.82, 2.24) is 4.72 Å². The molecule has 6 heteroatoms. The number of nitriles is 1. The highest BCUT2D eigenvalue weighted by Crippen LogP contribution is 2.00. The summed E-state index contributed by atoms with van der Waals surface area (Å²) in [6.45, 7) is 1.51. The Kier molecular flexibility index (Phi) is 5.10. The van der Waals surface area contributed by atoms with Crippen LogP contribution in [0, 0.1) is 11.3 Å². The second-order valence-corrected chi connectivity index (χ2v) is 5.52. The number of hydrogen-bond acceptors (Lipinski definition) is 4. The van der Waals surface area contributed by atoms with Crippen LogP contribution >= 0.6 is 0 Å². The summed E-state index contributed by atoms with van der Waals surface area (Å²) in [5.41, 5.74) is 0.958. The van der Waals surface area contributed by atoms with E-state index in [9.17, 15) is 8.42 Å². The first kappa shape index (κ1) is 13.6. The number of nitrogens with zero attached hydrogens (tertiary/aromatic N) is 1. The van der Waals surface area contributed by atoms with Crippen molar-refractivity contribution in [2.24, 2.45) is 0 Å². The molecule has 1 unspecified atom stereocenters. The van der Waals surface area contributed by atoms with Gasteiger partial charge in [0.05, 0.1) is 12.7 Å². The van der Waals surface area contributed by atoms with Crippen LogP contribution in [0.2, 0.25) is 0 Å². The van der Waals surface area contributed by atoms with E-state index >= 15 is 0 Å². The van der Waals surface area contributed by atoms with E-state index in [1.54, 1.807) is 6.07 Å². The molecule has 5 nitrogen and oxygen atoms in total. The van der Waals surface area contributed by atoms with Crippen LogP contribution in [-0.2, 0) is 21.4 Å². The Morgan fingerprint density at radius 3 is 2.65 bits per heavy atom. The van der Waals surface area contributed by atoms with Gasteiger partial charge in [0.1, 0.15) is 6.73 Å². The van der Waals surface area contributed by atoms with Crippen LogP contribution < -0.4 is 4.72 Å². The molecule has 0 heterocycles. The molecule has 1 aromatic rings. The maximum absolute atomic E-state index is 11.4. The highest BCUT2D eigenvalue weighted by Gasteiger charge is 2.18. The lowest BCUT2D eigenvalue weighted by Crippen LogP contribution is -2.33. The van der Waals surface area contributed by atoms with Crippen LogP contribution in [0.4, 0.5) is 0 Å². The van der Waals surface area contributed by atoms with Crippen LogP contribution in [0.15, 0.2) is 30.3 Å². The molecule has 1 aromatic carbocycles. The predicted molar refractivity (Wildman–Crippen MR) is 63.2 cm³/mol. The van der Waals surface area contributed by atoms with Crippen molar-refractivity contribution in [1.29, 1.82) is 5.26 Å². The molecule has 0 saturated heterocycles. The zero-order valence-electron chi connectivity index (χ0n) is 9.46. The van der Waals surface area contributed by atoms with Gasteiger partial charge in [0.15, 0.2) is 5.25 Å². The largest absolute Gasteiger partial charge is 0.361 e. The fourth-order valence-electron chi connectivity index (χ4n) is 1.06. The van der Waals surface area contributed by atoms with Crippen molar-refractivity contribution >= 4 is 10.0 Å². The summed E-state index contributed by atoms with van der Waals surface area (Å²) in [6, 6.07) is 11.1. The Bertz CT molecular complexity index is 479. The summed E-state index contributed by atoms with van der Waals surface area (Å²) < 4.78 is 30.1. The van der Waals surface area contributed by atoms with Crippen molar-refractivity contribution in [3.8, 4) is 6.07 Å². The molecule has 0 bridgehead atoms. The van der Waals surface area contributed by atoms with E-state index in [4.69, 9.17) is 10.00 Å². The van der Waals surface area contributed by atoms with Crippen LogP contribution in [-0.4, -0.2) is 20.4 Å². The van der Waals surface area contributed by atoms with Crippen molar-refractivity contribution in [3.63, 3.8) is 0 Å². The number of nitrogens with one attached hydrogen (secondary N) is 1. The molecule has 0 saturated carbocycles. The third kappa shape index (κ3) is 4.53. The molecule has 1 N–H and O–H groups in total. The van der Waals surface area contributed by atoms with Gasteiger partial charge in [-0.3, -0.25) is 0 Å². The lowest BCUT2D eigenvalue weighted by atomic mass is 10.2.